The van der Waals surface area contributed by atoms with Crippen molar-refractivity contribution in [2.45, 2.75) is 18.7 Å². The Morgan fingerprint density at radius 1 is 1.17 bits per heavy atom. The van der Waals surface area contributed by atoms with Crippen LogP contribution < -0.4 is 9.64 Å². The van der Waals surface area contributed by atoms with Crippen LogP contribution in [-0.4, -0.2) is 29.3 Å². The number of hydrogen-bond acceptors (Lipinski definition) is 4. The number of hydrogen-bond donors (Lipinski definition) is 1. The highest BCUT2D eigenvalue weighted by molar-refractivity contribution is 5.58. The van der Waals surface area contributed by atoms with Crippen molar-refractivity contribution < 1.29 is 23.0 Å². The molecule has 7 heteroatoms. The summed E-state index contributed by atoms with van der Waals surface area (Å²) in [5.41, 5.74) is -0.0777. The number of ether oxygens (including phenoxy) is 1. The molecule has 1 aliphatic rings. The van der Waals surface area contributed by atoms with Crippen LogP contribution in [0.3, 0.4) is 0 Å². The van der Waals surface area contributed by atoms with E-state index in [1.54, 1.807) is 12.1 Å². The topological polar surface area (TPSA) is 45.6 Å². The molecule has 0 aliphatic carbocycles. The molecule has 122 valence electrons. The summed E-state index contributed by atoms with van der Waals surface area (Å²) < 4.78 is 43.1. The Kier molecular flexibility index (Phi) is 4.02. The zero-order valence-electron chi connectivity index (χ0n) is 12.1. The van der Waals surface area contributed by atoms with Gasteiger partial charge in [-0.25, -0.2) is 4.98 Å². The van der Waals surface area contributed by atoms with E-state index in [4.69, 9.17) is 4.74 Å². The Labute approximate surface area is 131 Å². The molecular formula is C16H15F3N2O2. The van der Waals surface area contributed by atoms with Crippen molar-refractivity contribution >= 4 is 5.69 Å². The molecule has 0 bridgehead atoms. The number of para-hydroxylation sites is 2. The van der Waals surface area contributed by atoms with Gasteiger partial charge in [-0.2, -0.15) is 13.2 Å². The van der Waals surface area contributed by atoms with Gasteiger partial charge in [0.25, 0.3) is 0 Å². The van der Waals surface area contributed by atoms with E-state index in [-0.39, 0.29) is 17.7 Å². The summed E-state index contributed by atoms with van der Waals surface area (Å²) in [6.45, 7) is 1.24. The molecule has 3 rings (SSSR count). The largest absolute Gasteiger partial charge is 0.506 e. The summed E-state index contributed by atoms with van der Waals surface area (Å²) in [4.78, 5) is 5.69. The van der Waals surface area contributed by atoms with Gasteiger partial charge in [0.1, 0.15) is 11.9 Å². The van der Waals surface area contributed by atoms with Crippen molar-refractivity contribution in [3.63, 3.8) is 0 Å². The lowest BCUT2D eigenvalue weighted by Gasteiger charge is -2.19. The number of aromatic hydroxyl groups is 1. The number of nitrogens with zero attached hydrogens (tertiary/aromatic N) is 2. The van der Waals surface area contributed by atoms with Crippen LogP contribution in [0.1, 0.15) is 12.0 Å². The molecule has 0 saturated carbocycles. The number of alkyl halides is 3. The maximum Gasteiger partial charge on any atom is 0.417 e. The van der Waals surface area contributed by atoms with Crippen LogP contribution >= 0.6 is 0 Å². The summed E-state index contributed by atoms with van der Waals surface area (Å²) in [7, 11) is 0. The van der Waals surface area contributed by atoms with Gasteiger partial charge in [0.05, 0.1) is 17.8 Å². The molecule has 1 aromatic carbocycles. The quantitative estimate of drug-likeness (QED) is 0.939. The van der Waals surface area contributed by atoms with Crippen LogP contribution in [0.2, 0.25) is 0 Å². The van der Waals surface area contributed by atoms with Crippen LogP contribution in [0.5, 0.6) is 11.6 Å². The van der Waals surface area contributed by atoms with Crippen molar-refractivity contribution in [3.05, 3.63) is 48.2 Å². The van der Waals surface area contributed by atoms with Crippen molar-refractivity contribution in [3.8, 4) is 11.6 Å². The lowest BCUT2D eigenvalue weighted by molar-refractivity contribution is -0.137. The molecule has 1 N–H and O–H groups in total. The van der Waals surface area contributed by atoms with E-state index < -0.39 is 11.7 Å². The van der Waals surface area contributed by atoms with Crippen LogP contribution in [-0.2, 0) is 6.18 Å². The number of aromatic nitrogens is 1. The van der Waals surface area contributed by atoms with Crippen molar-refractivity contribution in [1.82, 2.24) is 4.98 Å². The van der Waals surface area contributed by atoms with Crippen LogP contribution in [0.4, 0.5) is 18.9 Å². The monoisotopic (exact) mass is 324 g/mol. The maximum atomic E-state index is 12.5. The van der Waals surface area contributed by atoms with Crippen molar-refractivity contribution in [2.24, 2.45) is 0 Å². The minimum atomic E-state index is -4.40. The first-order valence-corrected chi connectivity index (χ1v) is 7.16. The fraction of sp³-hybridized carbons (Fsp3) is 0.312. The highest BCUT2D eigenvalue weighted by Crippen LogP contribution is 2.31. The third kappa shape index (κ3) is 3.49. The van der Waals surface area contributed by atoms with Gasteiger partial charge in [-0.05, 0) is 18.2 Å². The molecule has 4 nitrogen and oxygen atoms in total. The molecule has 2 aromatic rings. The normalized spacial score (nSPS) is 18.2. The number of anilines is 1. The minimum Gasteiger partial charge on any atom is -0.506 e. The van der Waals surface area contributed by atoms with Gasteiger partial charge in [-0.3, -0.25) is 0 Å². The molecule has 1 fully saturated rings. The summed E-state index contributed by atoms with van der Waals surface area (Å²) in [5, 5.41) is 9.85. The molecule has 0 amide bonds. The molecule has 1 atom stereocenters. The molecule has 1 saturated heterocycles. The number of halogens is 3. The fourth-order valence-corrected chi connectivity index (χ4v) is 2.56. The van der Waals surface area contributed by atoms with Gasteiger partial charge < -0.3 is 14.7 Å². The third-order valence-corrected chi connectivity index (χ3v) is 3.72. The van der Waals surface area contributed by atoms with Crippen LogP contribution in [0.25, 0.3) is 0 Å². The molecule has 2 heterocycles. The minimum absolute atomic E-state index is 0.169. The summed E-state index contributed by atoms with van der Waals surface area (Å²) in [6, 6.07) is 9.19. The predicted octanol–water partition coefficient (Wildman–Crippen LogP) is 3.46. The fourth-order valence-electron chi connectivity index (χ4n) is 2.56. The smallest absolute Gasteiger partial charge is 0.417 e. The van der Waals surface area contributed by atoms with Crippen LogP contribution in [0, 0.1) is 0 Å². The first kappa shape index (κ1) is 15.5. The zero-order chi connectivity index (χ0) is 16.4. The lowest BCUT2D eigenvalue weighted by atomic mass is 10.2. The highest BCUT2D eigenvalue weighted by atomic mass is 19.4. The first-order chi connectivity index (χ1) is 10.9. The van der Waals surface area contributed by atoms with Gasteiger partial charge in [-0.15, -0.1) is 0 Å². The second-order valence-electron chi connectivity index (χ2n) is 5.35. The Morgan fingerprint density at radius 2 is 1.96 bits per heavy atom. The van der Waals surface area contributed by atoms with E-state index in [9.17, 15) is 18.3 Å². The number of pyridine rings is 1. The molecule has 1 aromatic heterocycles. The molecule has 0 unspecified atom stereocenters. The third-order valence-electron chi connectivity index (χ3n) is 3.72. The summed E-state index contributed by atoms with van der Waals surface area (Å²) in [6.07, 6.45) is -3.11. The predicted molar refractivity (Wildman–Crippen MR) is 78.6 cm³/mol. The van der Waals surface area contributed by atoms with E-state index in [0.29, 0.717) is 19.5 Å². The van der Waals surface area contributed by atoms with E-state index in [0.717, 1.165) is 18.0 Å². The summed E-state index contributed by atoms with van der Waals surface area (Å²) in [5.74, 6) is 0.364. The molecule has 0 spiro atoms. The van der Waals surface area contributed by atoms with E-state index in [2.05, 4.69) is 4.98 Å². The highest BCUT2D eigenvalue weighted by Gasteiger charge is 2.31. The van der Waals surface area contributed by atoms with Crippen LogP contribution in [0.15, 0.2) is 42.6 Å². The Morgan fingerprint density at radius 3 is 2.61 bits per heavy atom. The van der Waals surface area contributed by atoms with Gasteiger partial charge in [0.2, 0.25) is 5.88 Å². The van der Waals surface area contributed by atoms with E-state index in [1.165, 1.54) is 6.07 Å². The Balaban J connectivity index is 1.63. The molecule has 0 radical (unpaired) electrons. The maximum absolute atomic E-state index is 12.5. The standard InChI is InChI=1S/C16H15F3N2O2/c17-16(18,19)11-5-6-15(20-9-11)23-12-7-8-21(10-12)13-3-1-2-4-14(13)22/h1-6,9,12,22H,7-8,10H2/t12-/m0/s1. The number of phenolic OH excluding ortho intramolecular Hbond substituents is 1. The average molecular weight is 324 g/mol. The van der Waals surface area contributed by atoms with Gasteiger partial charge in [0, 0.05) is 25.2 Å². The SMILES string of the molecule is Oc1ccccc1N1CC[C@H](Oc2ccc(C(F)(F)F)cn2)C1. The first-order valence-electron chi connectivity index (χ1n) is 7.16. The summed E-state index contributed by atoms with van der Waals surface area (Å²) >= 11 is 0. The van der Waals surface area contributed by atoms with E-state index in [1.807, 2.05) is 17.0 Å². The number of rotatable bonds is 3. The van der Waals surface area contributed by atoms with Gasteiger partial charge >= 0.3 is 6.18 Å². The molecule has 1 aliphatic heterocycles. The van der Waals surface area contributed by atoms with Gasteiger partial charge in [-0.1, -0.05) is 12.1 Å². The Hall–Kier alpha value is -2.44. The number of benzene rings is 1. The second-order valence-corrected chi connectivity index (χ2v) is 5.35. The Bertz CT molecular complexity index is 674. The van der Waals surface area contributed by atoms with Gasteiger partial charge in [0.15, 0.2) is 0 Å². The second kappa shape index (κ2) is 5.98. The van der Waals surface area contributed by atoms with Crippen molar-refractivity contribution in [2.75, 3.05) is 18.0 Å². The zero-order valence-corrected chi connectivity index (χ0v) is 12.1. The average Bonchev–Trinajstić information content (AvgIpc) is 2.95. The van der Waals surface area contributed by atoms with Crippen molar-refractivity contribution in [1.29, 1.82) is 0 Å². The molecular weight excluding hydrogens is 309 g/mol. The van der Waals surface area contributed by atoms with E-state index >= 15 is 0 Å². The molecule has 23 heavy (non-hydrogen) atoms. The number of phenols is 1. The lowest BCUT2D eigenvalue weighted by Crippen LogP contribution is -2.24.